The first kappa shape index (κ1) is 12.1. The molecule has 1 rings (SSSR count). The van der Waals surface area contributed by atoms with Crippen LogP contribution in [0, 0.1) is 0 Å². The zero-order valence-corrected chi connectivity index (χ0v) is 8.71. The number of hydrogen-bond donors (Lipinski definition) is 0. The molecule has 0 aliphatic carbocycles. The molecule has 0 aromatic heterocycles. The van der Waals surface area contributed by atoms with E-state index in [1.807, 2.05) is 6.07 Å². The van der Waals surface area contributed by atoms with E-state index in [1.165, 1.54) is 0 Å². The Kier molecular flexibility index (Phi) is 3.44. The van der Waals surface area contributed by atoms with E-state index >= 15 is 0 Å². The molecule has 1 nitrogen and oxygen atoms in total. The van der Waals surface area contributed by atoms with Gasteiger partial charge in [-0.15, -0.1) is 0 Å². The van der Waals surface area contributed by atoms with E-state index in [0.717, 1.165) is 19.4 Å². The molecule has 15 heavy (non-hydrogen) atoms. The number of hydrogen-bond acceptors (Lipinski definition) is 1. The van der Waals surface area contributed by atoms with Gasteiger partial charge in [0, 0.05) is 5.50 Å². The lowest BCUT2D eigenvalue weighted by molar-refractivity contribution is 0.000425. The number of ether oxygens (including phenoxy) is 1. The molecule has 0 saturated heterocycles. The summed E-state index contributed by atoms with van der Waals surface area (Å²) in [5, 5.41) is 0. The van der Waals surface area contributed by atoms with Crippen LogP contribution in [0.3, 0.4) is 0 Å². The Morgan fingerprint density at radius 2 is 1.67 bits per heavy atom. The zero-order valence-electron chi connectivity index (χ0n) is 8.71. The van der Waals surface area contributed by atoms with Gasteiger partial charge in [0.15, 0.2) is 0 Å². The highest BCUT2D eigenvalue weighted by Crippen LogP contribution is 2.28. The summed E-state index contributed by atoms with van der Waals surface area (Å²) >= 11 is 0. The van der Waals surface area contributed by atoms with Crippen LogP contribution in [-0.2, 0) is 11.3 Å². The molecular formula is C10H13BF3O-. The maximum Gasteiger partial charge on any atom is 0.509 e. The first-order chi connectivity index (χ1) is 6.83. The van der Waals surface area contributed by atoms with Gasteiger partial charge < -0.3 is 17.7 Å². The summed E-state index contributed by atoms with van der Waals surface area (Å²) in [5.74, 6) is 0. The lowest BCUT2D eigenvalue weighted by Gasteiger charge is -2.34. The maximum atomic E-state index is 12.5. The molecular weight excluding hydrogens is 204 g/mol. The van der Waals surface area contributed by atoms with E-state index in [4.69, 9.17) is 4.74 Å². The van der Waals surface area contributed by atoms with Crippen molar-refractivity contribution < 1.29 is 17.7 Å². The molecule has 1 aromatic rings. The first-order valence-electron chi connectivity index (χ1n) is 4.70. The monoisotopic (exact) mass is 217 g/mol. The van der Waals surface area contributed by atoms with Gasteiger partial charge >= 0.3 is 6.98 Å². The van der Waals surface area contributed by atoms with Gasteiger partial charge in [0.1, 0.15) is 0 Å². The van der Waals surface area contributed by atoms with Crippen LogP contribution < -0.4 is 0 Å². The molecule has 0 fully saturated rings. The Morgan fingerprint density at radius 3 is 2.13 bits per heavy atom. The van der Waals surface area contributed by atoms with Crippen molar-refractivity contribution in [2.45, 2.75) is 26.0 Å². The van der Waals surface area contributed by atoms with E-state index < -0.39 is 12.5 Å². The van der Waals surface area contributed by atoms with Gasteiger partial charge in [-0.2, -0.15) is 0 Å². The normalized spacial score (nSPS) is 12.9. The fourth-order valence-corrected chi connectivity index (χ4v) is 0.938. The average Bonchev–Trinajstić information content (AvgIpc) is 2.15. The molecule has 0 N–H and O–H groups in total. The summed E-state index contributed by atoms with van der Waals surface area (Å²) in [5.41, 5.74) is -1.30. The van der Waals surface area contributed by atoms with Crippen molar-refractivity contribution in [1.29, 1.82) is 0 Å². The van der Waals surface area contributed by atoms with Gasteiger partial charge in [-0.25, -0.2) is 0 Å². The number of benzene rings is 1. The molecule has 0 radical (unpaired) electrons. The van der Waals surface area contributed by atoms with Crippen molar-refractivity contribution in [1.82, 2.24) is 0 Å². The Hall–Kier alpha value is -0.965. The number of halogens is 3. The van der Waals surface area contributed by atoms with E-state index in [1.54, 1.807) is 24.3 Å². The maximum absolute atomic E-state index is 12.5. The zero-order chi connectivity index (χ0) is 11.5. The molecule has 1 aromatic carbocycles. The highest BCUT2D eigenvalue weighted by atomic mass is 19.4. The fraction of sp³-hybridized carbons (Fsp3) is 0.400. The minimum atomic E-state index is -4.98. The van der Waals surface area contributed by atoms with Crippen LogP contribution in [0.1, 0.15) is 19.4 Å². The van der Waals surface area contributed by atoms with Crippen LogP contribution in [-0.4, -0.2) is 12.5 Å². The van der Waals surface area contributed by atoms with Crippen molar-refractivity contribution in [3.63, 3.8) is 0 Å². The highest BCUT2D eigenvalue weighted by Gasteiger charge is 2.43. The van der Waals surface area contributed by atoms with Crippen LogP contribution in [0.15, 0.2) is 30.3 Å². The Labute approximate surface area is 87.3 Å². The first-order valence-corrected chi connectivity index (χ1v) is 4.70. The number of rotatable bonds is 4. The van der Waals surface area contributed by atoms with Crippen LogP contribution in [0.25, 0.3) is 0 Å². The standard InChI is InChI=1S/C10H13BF3O/c1-10(2,11(12,13)14)15-8-9-6-4-3-5-7-9/h3-7H,8H2,1-2H3/q-1. The van der Waals surface area contributed by atoms with Crippen molar-refractivity contribution in [2.75, 3.05) is 0 Å². The van der Waals surface area contributed by atoms with Gasteiger partial charge in [0.2, 0.25) is 0 Å². The molecule has 0 unspecified atom stereocenters. The van der Waals surface area contributed by atoms with Crippen LogP contribution in [0.5, 0.6) is 0 Å². The summed E-state index contributed by atoms with van der Waals surface area (Å²) in [6.07, 6.45) is 0. The predicted molar refractivity (Wildman–Crippen MR) is 54.4 cm³/mol. The van der Waals surface area contributed by atoms with E-state index in [0.29, 0.717) is 0 Å². The summed E-state index contributed by atoms with van der Waals surface area (Å²) in [6.45, 7) is -2.90. The Bertz CT molecular complexity index is 308. The molecule has 0 aliphatic heterocycles. The third-order valence-corrected chi connectivity index (χ3v) is 2.24. The summed E-state index contributed by atoms with van der Waals surface area (Å²) in [6, 6.07) is 8.82. The quantitative estimate of drug-likeness (QED) is 0.702. The third kappa shape index (κ3) is 3.27. The van der Waals surface area contributed by atoms with Gasteiger partial charge in [-0.1, -0.05) is 44.2 Å². The second-order valence-corrected chi connectivity index (χ2v) is 3.95. The van der Waals surface area contributed by atoms with Crippen LogP contribution >= 0.6 is 0 Å². The van der Waals surface area contributed by atoms with Crippen LogP contribution in [0.4, 0.5) is 12.9 Å². The summed E-state index contributed by atoms with van der Waals surface area (Å²) in [7, 11) is 0. The predicted octanol–water partition coefficient (Wildman–Crippen LogP) is 3.37. The molecule has 0 atom stereocenters. The Morgan fingerprint density at radius 1 is 1.13 bits per heavy atom. The summed E-state index contributed by atoms with van der Waals surface area (Å²) in [4.78, 5) is 0. The molecule has 0 aliphatic rings. The van der Waals surface area contributed by atoms with Crippen molar-refractivity contribution in [2.24, 2.45) is 0 Å². The minimum Gasteiger partial charge on any atom is -0.447 e. The fourth-order valence-electron chi connectivity index (χ4n) is 0.938. The molecule has 84 valence electrons. The van der Waals surface area contributed by atoms with E-state index in [9.17, 15) is 12.9 Å². The van der Waals surface area contributed by atoms with E-state index in [2.05, 4.69) is 0 Å². The van der Waals surface area contributed by atoms with Gasteiger partial charge in [0.05, 0.1) is 6.61 Å². The third-order valence-electron chi connectivity index (χ3n) is 2.24. The molecule has 0 saturated carbocycles. The molecule has 0 heterocycles. The van der Waals surface area contributed by atoms with Crippen molar-refractivity contribution in [3.8, 4) is 0 Å². The topological polar surface area (TPSA) is 9.23 Å². The minimum absolute atomic E-state index is 0.0188. The molecule has 5 heteroatoms. The van der Waals surface area contributed by atoms with Gasteiger partial charge in [-0.3, -0.25) is 0 Å². The van der Waals surface area contributed by atoms with Crippen LogP contribution in [0.2, 0.25) is 0 Å². The Balaban J connectivity index is 2.58. The lowest BCUT2D eigenvalue weighted by Crippen LogP contribution is -2.46. The van der Waals surface area contributed by atoms with Crippen molar-refractivity contribution >= 4 is 6.98 Å². The second-order valence-electron chi connectivity index (χ2n) is 3.95. The largest absolute Gasteiger partial charge is 0.509 e. The molecule has 0 amide bonds. The highest BCUT2D eigenvalue weighted by molar-refractivity contribution is 6.61. The SMILES string of the molecule is CC(C)(OCc1ccccc1)[B-](F)(F)F. The lowest BCUT2D eigenvalue weighted by atomic mass is 9.70. The van der Waals surface area contributed by atoms with Crippen molar-refractivity contribution in [3.05, 3.63) is 35.9 Å². The molecule has 0 bridgehead atoms. The summed E-state index contributed by atoms with van der Waals surface area (Å²) < 4.78 is 42.3. The van der Waals surface area contributed by atoms with Gasteiger partial charge in [-0.05, 0) is 5.56 Å². The van der Waals surface area contributed by atoms with Gasteiger partial charge in [0.25, 0.3) is 0 Å². The van der Waals surface area contributed by atoms with E-state index in [-0.39, 0.29) is 6.61 Å². The molecule has 0 spiro atoms. The smallest absolute Gasteiger partial charge is 0.447 e. The average molecular weight is 217 g/mol. The second kappa shape index (κ2) is 4.27.